The minimum atomic E-state index is -0.249. The number of carbonyl (C=O) groups is 1. The molecule has 0 N–H and O–H groups in total. The van der Waals surface area contributed by atoms with E-state index in [1.807, 2.05) is 18.2 Å². The predicted octanol–water partition coefficient (Wildman–Crippen LogP) is 2.79. The second-order valence-electron chi connectivity index (χ2n) is 7.04. The van der Waals surface area contributed by atoms with Gasteiger partial charge in [0.15, 0.2) is 5.78 Å². The zero-order valence-electron chi connectivity index (χ0n) is 15.0. The summed E-state index contributed by atoms with van der Waals surface area (Å²) in [7, 11) is 3.27. The van der Waals surface area contributed by atoms with E-state index in [1.165, 1.54) is 16.2 Å². The molecule has 3 rings (SSSR count). The summed E-state index contributed by atoms with van der Waals surface area (Å²) in [6, 6.07) is 8.91. The van der Waals surface area contributed by atoms with Gasteiger partial charge in [-0.3, -0.25) is 14.6 Å². The van der Waals surface area contributed by atoms with Crippen LogP contribution in [-0.4, -0.2) is 28.7 Å². The molecule has 0 atom stereocenters. The smallest absolute Gasteiger partial charge is 0.250 e. The number of ketones is 1. The molecule has 25 heavy (non-hydrogen) atoms. The van der Waals surface area contributed by atoms with Crippen LogP contribution in [0.4, 0.5) is 0 Å². The third-order valence-corrected chi connectivity index (χ3v) is 4.42. The third-order valence-electron chi connectivity index (χ3n) is 4.42. The first-order chi connectivity index (χ1) is 11.8. The Bertz CT molecular complexity index is 923. The maximum Gasteiger partial charge on any atom is 0.250 e. The van der Waals surface area contributed by atoms with Gasteiger partial charge < -0.3 is 9.30 Å². The standard InChI is InChI=1S/C20H22N2O3/c1-20(2)11-13-5-7-15(25-4)9-16(13)17(21-20)10-18(23)14-6-8-19(24)22(3)12-14/h5-9,12H,10-11H2,1-4H3. The van der Waals surface area contributed by atoms with E-state index in [0.29, 0.717) is 5.56 Å². The van der Waals surface area contributed by atoms with Crippen molar-refractivity contribution in [2.24, 2.45) is 12.0 Å². The Morgan fingerprint density at radius 3 is 2.72 bits per heavy atom. The summed E-state index contributed by atoms with van der Waals surface area (Å²) in [5, 5.41) is 0. The fourth-order valence-corrected chi connectivity index (χ4v) is 3.18. The van der Waals surface area contributed by atoms with E-state index in [-0.39, 0.29) is 23.3 Å². The summed E-state index contributed by atoms with van der Waals surface area (Å²) in [5.74, 6) is 0.696. The Kier molecular flexibility index (Phi) is 4.33. The largest absolute Gasteiger partial charge is 0.497 e. The molecule has 0 spiro atoms. The van der Waals surface area contributed by atoms with Crippen LogP contribution in [0.3, 0.4) is 0 Å². The fraction of sp³-hybridized carbons (Fsp3) is 0.350. The monoisotopic (exact) mass is 338 g/mol. The highest BCUT2D eigenvalue weighted by Crippen LogP contribution is 2.30. The van der Waals surface area contributed by atoms with Crippen molar-refractivity contribution in [2.75, 3.05) is 7.11 Å². The molecular weight excluding hydrogens is 316 g/mol. The number of ether oxygens (including phenoxy) is 1. The Balaban J connectivity index is 1.97. The number of fused-ring (bicyclic) bond motifs is 1. The molecule has 130 valence electrons. The Hall–Kier alpha value is -2.69. The van der Waals surface area contributed by atoms with Crippen molar-refractivity contribution >= 4 is 11.5 Å². The number of hydrogen-bond acceptors (Lipinski definition) is 4. The minimum Gasteiger partial charge on any atom is -0.497 e. The van der Waals surface area contributed by atoms with Gasteiger partial charge >= 0.3 is 0 Å². The lowest BCUT2D eigenvalue weighted by molar-refractivity contribution is 0.0999. The summed E-state index contributed by atoms with van der Waals surface area (Å²) in [5.41, 5.74) is 3.03. The molecule has 1 aromatic heterocycles. The van der Waals surface area contributed by atoms with Crippen LogP contribution in [0.1, 0.15) is 41.8 Å². The summed E-state index contributed by atoms with van der Waals surface area (Å²) in [4.78, 5) is 29.0. The van der Waals surface area contributed by atoms with Crippen molar-refractivity contribution in [3.63, 3.8) is 0 Å². The zero-order chi connectivity index (χ0) is 18.2. The number of carbonyl (C=O) groups excluding carboxylic acids is 1. The molecule has 1 aliphatic rings. The molecule has 0 saturated carbocycles. The molecule has 0 saturated heterocycles. The average Bonchev–Trinajstić information content (AvgIpc) is 2.56. The fourth-order valence-electron chi connectivity index (χ4n) is 3.18. The number of nitrogens with zero attached hydrogens (tertiary/aromatic N) is 2. The van der Waals surface area contributed by atoms with Gasteiger partial charge in [0.25, 0.3) is 0 Å². The van der Waals surface area contributed by atoms with E-state index in [9.17, 15) is 9.59 Å². The Morgan fingerprint density at radius 2 is 2.04 bits per heavy atom. The average molecular weight is 338 g/mol. The van der Waals surface area contributed by atoms with Crippen molar-refractivity contribution in [1.29, 1.82) is 0 Å². The summed E-state index contributed by atoms with van der Waals surface area (Å²) >= 11 is 0. The van der Waals surface area contributed by atoms with Gasteiger partial charge in [-0.1, -0.05) is 6.07 Å². The van der Waals surface area contributed by atoms with Crippen LogP contribution in [0.15, 0.2) is 46.3 Å². The van der Waals surface area contributed by atoms with E-state index in [4.69, 9.17) is 9.73 Å². The number of aryl methyl sites for hydroxylation is 1. The van der Waals surface area contributed by atoms with E-state index < -0.39 is 0 Å². The van der Waals surface area contributed by atoms with Crippen molar-refractivity contribution in [3.05, 3.63) is 63.6 Å². The summed E-state index contributed by atoms with van der Waals surface area (Å²) in [6.07, 6.45) is 2.59. The topological polar surface area (TPSA) is 60.7 Å². The quantitative estimate of drug-likeness (QED) is 0.806. The molecule has 0 radical (unpaired) electrons. The molecule has 5 heteroatoms. The Morgan fingerprint density at radius 1 is 1.28 bits per heavy atom. The molecule has 2 heterocycles. The van der Waals surface area contributed by atoms with Gasteiger partial charge in [-0.25, -0.2) is 0 Å². The first-order valence-electron chi connectivity index (χ1n) is 8.25. The number of benzene rings is 1. The number of aromatic nitrogens is 1. The van der Waals surface area contributed by atoms with Crippen LogP contribution in [0.2, 0.25) is 0 Å². The highest BCUT2D eigenvalue weighted by Gasteiger charge is 2.28. The lowest BCUT2D eigenvalue weighted by Crippen LogP contribution is -2.30. The van der Waals surface area contributed by atoms with Gasteiger partial charge in [0.05, 0.1) is 24.8 Å². The molecular formula is C20H22N2O3. The highest BCUT2D eigenvalue weighted by molar-refractivity contribution is 6.16. The molecule has 1 aliphatic heterocycles. The second kappa shape index (κ2) is 6.31. The van der Waals surface area contributed by atoms with Gasteiger partial charge in [0, 0.05) is 30.4 Å². The number of pyridine rings is 1. The SMILES string of the molecule is COc1ccc2c(c1)C(CC(=O)c1ccc(=O)n(C)c1)=NC(C)(C)C2. The number of hydrogen-bond donors (Lipinski definition) is 0. The lowest BCUT2D eigenvalue weighted by Gasteiger charge is -2.29. The van der Waals surface area contributed by atoms with Crippen molar-refractivity contribution in [2.45, 2.75) is 32.2 Å². The van der Waals surface area contributed by atoms with Crippen molar-refractivity contribution in [3.8, 4) is 5.75 Å². The van der Waals surface area contributed by atoms with Gasteiger partial charge in [0.2, 0.25) is 5.56 Å². The maximum atomic E-state index is 12.7. The zero-order valence-corrected chi connectivity index (χ0v) is 15.0. The molecule has 0 amide bonds. The molecule has 0 unspecified atom stereocenters. The number of aliphatic imine (C=N–C) groups is 1. The lowest BCUT2D eigenvalue weighted by atomic mass is 9.85. The predicted molar refractivity (Wildman–Crippen MR) is 97.9 cm³/mol. The van der Waals surface area contributed by atoms with Gasteiger partial charge in [-0.05, 0) is 44.0 Å². The van der Waals surface area contributed by atoms with Crippen molar-refractivity contribution in [1.82, 2.24) is 4.57 Å². The molecule has 0 bridgehead atoms. The van der Waals surface area contributed by atoms with Gasteiger partial charge in [0.1, 0.15) is 5.75 Å². The highest BCUT2D eigenvalue weighted by atomic mass is 16.5. The van der Waals surface area contributed by atoms with Crippen LogP contribution < -0.4 is 10.3 Å². The molecule has 2 aromatic rings. The molecule has 0 fully saturated rings. The summed E-state index contributed by atoms with van der Waals surface area (Å²) in [6.45, 7) is 4.13. The van der Waals surface area contributed by atoms with Crippen molar-refractivity contribution < 1.29 is 9.53 Å². The van der Waals surface area contributed by atoms with Crippen LogP contribution in [0.25, 0.3) is 0 Å². The van der Waals surface area contributed by atoms with Gasteiger partial charge in [-0.2, -0.15) is 0 Å². The second-order valence-corrected chi connectivity index (χ2v) is 7.04. The minimum absolute atomic E-state index is 0.0548. The Labute approximate surface area is 147 Å². The summed E-state index contributed by atoms with van der Waals surface area (Å²) < 4.78 is 6.73. The molecule has 5 nitrogen and oxygen atoms in total. The van der Waals surface area contributed by atoms with E-state index >= 15 is 0 Å². The number of methoxy groups -OCH3 is 1. The van der Waals surface area contributed by atoms with Gasteiger partial charge in [-0.15, -0.1) is 0 Å². The maximum absolute atomic E-state index is 12.7. The van der Waals surface area contributed by atoms with Crippen LogP contribution >= 0.6 is 0 Å². The number of Topliss-reactive ketones (excluding diaryl/α,β-unsaturated/α-hetero) is 1. The first-order valence-corrected chi connectivity index (χ1v) is 8.25. The molecule has 0 aliphatic carbocycles. The number of rotatable bonds is 4. The van der Waals surface area contributed by atoms with Crippen LogP contribution in [-0.2, 0) is 13.5 Å². The molecule has 1 aromatic carbocycles. The van der Waals surface area contributed by atoms with Crippen LogP contribution in [0, 0.1) is 0 Å². The van der Waals surface area contributed by atoms with E-state index in [1.54, 1.807) is 26.4 Å². The third kappa shape index (κ3) is 3.55. The van der Waals surface area contributed by atoms with E-state index in [0.717, 1.165) is 23.4 Å². The first kappa shape index (κ1) is 17.1. The van der Waals surface area contributed by atoms with Crippen LogP contribution in [0.5, 0.6) is 5.75 Å². The van der Waals surface area contributed by atoms with E-state index in [2.05, 4.69) is 13.8 Å². The normalized spacial score (nSPS) is 15.3.